The first kappa shape index (κ1) is 19.8. The van der Waals surface area contributed by atoms with Gasteiger partial charge in [-0.1, -0.05) is 26.0 Å². The maximum absolute atomic E-state index is 13.5. The van der Waals surface area contributed by atoms with E-state index < -0.39 is 46.9 Å². The third-order valence-corrected chi connectivity index (χ3v) is 10.3. The summed E-state index contributed by atoms with van der Waals surface area (Å²) in [5.74, 6) is -1.33. The van der Waals surface area contributed by atoms with Gasteiger partial charge in [0.1, 0.15) is 17.0 Å². The average Bonchev–Trinajstić information content (AvgIpc) is 3.07. The van der Waals surface area contributed by atoms with Crippen molar-refractivity contribution in [3.05, 3.63) is 12.2 Å². The molecule has 6 rings (SSSR count). The Bertz CT molecular complexity index is 848. The van der Waals surface area contributed by atoms with E-state index in [1.165, 1.54) is 0 Å². The summed E-state index contributed by atoms with van der Waals surface area (Å²) in [4.78, 5) is 15.7. The van der Waals surface area contributed by atoms with Crippen LogP contribution in [0.2, 0.25) is 0 Å². The van der Waals surface area contributed by atoms with Crippen molar-refractivity contribution in [2.24, 2.45) is 34.5 Å². The summed E-state index contributed by atoms with van der Waals surface area (Å²) in [6.45, 7) is 5.61. The molecule has 5 aliphatic carbocycles. The molecule has 0 aromatic rings. The Morgan fingerprint density at radius 1 is 1.20 bits per heavy atom. The number of Topliss-reactive ketones (excluding diaryl/α,β-unsaturated/α-hetero) is 1. The second kappa shape index (κ2) is 5.56. The fourth-order valence-corrected chi connectivity index (χ4v) is 9.71. The number of aliphatic hydroxyl groups excluding tert-OH is 1. The van der Waals surface area contributed by atoms with E-state index >= 15 is 0 Å². The summed E-state index contributed by atoms with van der Waals surface area (Å²) in [5.41, 5.74) is -4.55. The third kappa shape index (κ3) is 1.62. The minimum absolute atomic E-state index is 0.0228. The smallest absolute Gasteiger partial charge is 0.142 e. The predicted octanol–water partition coefficient (Wildman–Crippen LogP) is -0.0254. The van der Waals surface area contributed by atoms with Gasteiger partial charge in [-0.3, -0.25) is 9.69 Å². The maximum Gasteiger partial charge on any atom is 0.142 e. The molecule has 5 fully saturated rings. The first-order valence-electron chi connectivity index (χ1n) is 11.3. The standard InChI is InChI=1S/C23H33NO6/c1-5-24-10-20(2)7-6-13(25)21-12-8-11-9-14(29-3)22(27,15(12)16(11)26)23(28,19(21)24)18(30-4)17(20)21/h6-7,11-15,17-19,25,27-28H,5,8-10H2,1-4H3/t11-,12-,13+,14-,15-,17-,18+,19?,20+,21+,22-,23-/m1/s1. The highest BCUT2D eigenvalue weighted by molar-refractivity contribution is 5.89. The molecule has 6 aliphatic rings. The quantitative estimate of drug-likeness (QED) is 0.553. The highest BCUT2D eigenvalue weighted by Gasteiger charge is 2.91. The molecular weight excluding hydrogens is 386 g/mol. The van der Waals surface area contributed by atoms with Crippen LogP contribution in [0.25, 0.3) is 0 Å². The molecule has 0 aromatic carbocycles. The number of hydrogen-bond donors (Lipinski definition) is 3. The lowest BCUT2D eigenvalue weighted by atomic mass is 9.44. The van der Waals surface area contributed by atoms with Crippen molar-refractivity contribution in [2.75, 3.05) is 27.3 Å². The number of likely N-dealkylation sites (N-methyl/N-ethyl adjacent to an activating group) is 1. The lowest BCUT2D eigenvalue weighted by molar-refractivity contribution is -0.309. The van der Waals surface area contributed by atoms with E-state index in [4.69, 9.17) is 9.47 Å². The molecule has 0 aromatic heterocycles. The molecule has 1 aliphatic heterocycles. The number of aliphatic hydroxyl groups is 3. The van der Waals surface area contributed by atoms with Gasteiger partial charge in [-0.2, -0.15) is 0 Å². The van der Waals surface area contributed by atoms with Crippen LogP contribution in [0, 0.1) is 34.5 Å². The molecule has 3 N–H and O–H groups in total. The molecule has 7 bridgehead atoms. The minimum Gasteiger partial charge on any atom is -0.388 e. The molecule has 1 heterocycles. The Kier molecular flexibility index (Phi) is 3.67. The Morgan fingerprint density at radius 3 is 2.57 bits per heavy atom. The predicted molar refractivity (Wildman–Crippen MR) is 106 cm³/mol. The SMILES string of the molecule is CCN1C[C@]2(C)C=C[C@H](O)[C@]34C1[C@](O)([C@@H](OC)[C@@H]32)[C@@]1(O)[C@H](OC)C[C@H]2C[C@@H]4[C@@H]1C2=O. The zero-order valence-corrected chi connectivity index (χ0v) is 18.1. The van der Waals surface area contributed by atoms with Crippen molar-refractivity contribution < 1.29 is 29.6 Å². The molecule has 0 radical (unpaired) electrons. The Balaban J connectivity index is 1.73. The largest absolute Gasteiger partial charge is 0.388 e. The number of methoxy groups -OCH3 is 2. The molecule has 1 unspecified atom stereocenters. The topological polar surface area (TPSA) is 99.5 Å². The van der Waals surface area contributed by atoms with E-state index in [9.17, 15) is 20.1 Å². The molecule has 166 valence electrons. The molecule has 0 amide bonds. The summed E-state index contributed by atoms with van der Waals surface area (Å²) in [6, 6.07) is -0.508. The fourth-order valence-electron chi connectivity index (χ4n) is 9.71. The zero-order chi connectivity index (χ0) is 21.4. The van der Waals surface area contributed by atoms with Crippen molar-refractivity contribution in [3.8, 4) is 0 Å². The fraction of sp³-hybridized carbons (Fsp3) is 0.870. The van der Waals surface area contributed by atoms with Crippen LogP contribution in [-0.4, -0.2) is 88.9 Å². The molecule has 7 nitrogen and oxygen atoms in total. The molecule has 1 saturated heterocycles. The molecular formula is C23H33NO6. The number of ketones is 1. The summed E-state index contributed by atoms with van der Waals surface area (Å²) < 4.78 is 11.8. The molecule has 7 heteroatoms. The Labute approximate surface area is 177 Å². The van der Waals surface area contributed by atoms with Gasteiger partial charge in [-0.05, 0) is 25.3 Å². The normalized spacial score (nSPS) is 62.8. The van der Waals surface area contributed by atoms with Gasteiger partial charge in [0.25, 0.3) is 0 Å². The highest BCUT2D eigenvalue weighted by atomic mass is 16.5. The van der Waals surface area contributed by atoms with Gasteiger partial charge in [-0.25, -0.2) is 0 Å². The number of fused-ring (bicyclic) bond motifs is 2. The van der Waals surface area contributed by atoms with Crippen LogP contribution >= 0.6 is 0 Å². The van der Waals surface area contributed by atoms with Crippen LogP contribution < -0.4 is 0 Å². The first-order valence-corrected chi connectivity index (χ1v) is 11.3. The average molecular weight is 420 g/mol. The number of rotatable bonds is 3. The van der Waals surface area contributed by atoms with Gasteiger partial charge >= 0.3 is 0 Å². The molecule has 30 heavy (non-hydrogen) atoms. The van der Waals surface area contributed by atoms with E-state index in [1.54, 1.807) is 14.2 Å². The van der Waals surface area contributed by atoms with E-state index in [0.29, 0.717) is 25.9 Å². The minimum atomic E-state index is -1.75. The van der Waals surface area contributed by atoms with Gasteiger partial charge < -0.3 is 24.8 Å². The number of carbonyl (C=O) groups excluding carboxylic acids is 1. The van der Waals surface area contributed by atoms with E-state index in [-0.39, 0.29) is 29.0 Å². The number of carbonyl (C=O) groups is 1. The maximum atomic E-state index is 13.5. The van der Waals surface area contributed by atoms with Crippen molar-refractivity contribution in [2.45, 2.75) is 62.2 Å². The summed E-state index contributed by atoms with van der Waals surface area (Å²) in [6.07, 6.45) is 2.82. The van der Waals surface area contributed by atoms with E-state index in [0.717, 1.165) is 0 Å². The van der Waals surface area contributed by atoms with Crippen molar-refractivity contribution >= 4 is 5.78 Å². The molecule has 1 spiro atoms. The number of likely N-dealkylation sites (tertiary alicyclic amines) is 1. The third-order valence-electron chi connectivity index (χ3n) is 10.3. The highest BCUT2D eigenvalue weighted by Crippen LogP contribution is 2.78. The van der Waals surface area contributed by atoms with Crippen LogP contribution in [0.15, 0.2) is 12.2 Å². The van der Waals surface area contributed by atoms with E-state index in [2.05, 4.69) is 24.8 Å². The van der Waals surface area contributed by atoms with Gasteiger partial charge in [0, 0.05) is 43.4 Å². The number of hydrogen-bond acceptors (Lipinski definition) is 7. The zero-order valence-electron chi connectivity index (χ0n) is 18.1. The van der Waals surface area contributed by atoms with Gasteiger partial charge in [0.15, 0.2) is 0 Å². The number of nitrogens with zero attached hydrogens (tertiary/aromatic N) is 1. The van der Waals surface area contributed by atoms with Crippen molar-refractivity contribution in [1.82, 2.24) is 4.90 Å². The van der Waals surface area contributed by atoms with Gasteiger partial charge in [-0.15, -0.1) is 0 Å². The number of piperidine rings is 1. The van der Waals surface area contributed by atoms with Crippen LogP contribution in [0.1, 0.15) is 26.7 Å². The van der Waals surface area contributed by atoms with Gasteiger partial charge in [0.2, 0.25) is 0 Å². The Hall–Kier alpha value is -0.830. The van der Waals surface area contributed by atoms with E-state index in [1.807, 2.05) is 6.08 Å². The molecule has 12 atom stereocenters. The summed E-state index contributed by atoms with van der Waals surface area (Å²) in [7, 11) is 3.13. The summed E-state index contributed by atoms with van der Waals surface area (Å²) >= 11 is 0. The monoisotopic (exact) mass is 419 g/mol. The number of ether oxygens (including phenoxy) is 2. The van der Waals surface area contributed by atoms with Crippen LogP contribution in [0.4, 0.5) is 0 Å². The summed E-state index contributed by atoms with van der Waals surface area (Å²) in [5, 5.41) is 36.6. The van der Waals surface area contributed by atoms with Crippen molar-refractivity contribution in [3.63, 3.8) is 0 Å². The lowest BCUT2D eigenvalue weighted by Crippen LogP contribution is -2.83. The first-order chi connectivity index (χ1) is 14.2. The van der Waals surface area contributed by atoms with Crippen molar-refractivity contribution in [1.29, 1.82) is 0 Å². The van der Waals surface area contributed by atoms with Crippen LogP contribution in [0.5, 0.6) is 0 Å². The lowest BCUT2D eigenvalue weighted by Gasteiger charge is -2.67. The Morgan fingerprint density at radius 2 is 1.93 bits per heavy atom. The van der Waals surface area contributed by atoms with Crippen LogP contribution in [0.3, 0.4) is 0 Å². The van der Waals surface area contributed by atoms with Gasteiger partial charge in [0.05, 0.1) is 30.3 Å². The second-order valence-electron chi connectivity index (χ2n) is 10.9. The second-order valence-corrected chi connectivity index (χ2v) is 10.9. The van der Waals surface area contributed by atoms with Crippen LogP contribution in [-0.2, 0) is 14.3 Å². The molecule has 4 saturated carbocycles.